The average molecular weight is 388 g/mol. The number of carboxylic acid groups (broad SMARTS) is 1. The van der Waals surface area contributed by atoms with Crippen LogP contribution >= 0.6 is 0 Å². The molecular weight excluding hydrogens is 346 g/mol. The number of likely N-dealkylation sites (N-methyl/N-ethyl adjacent to an activating group) is 2. The fourth-order valence-corrected chi connectivity index (χ4v) is 2.65. The Labute approximate surface area is 165 Å². The SMILES string of the molecule is CC(C)N(CCNCCN(C)CCC=O)CCNCCN(C)CCC(=O)O. The molecule has 0 aliphatic rings. The zero-order chi connectivity index (χ0) is 20.5. The summed E-state index contributed by atoms with van der Waals surface area (Å²) in [5.41, 5.74) is 0. The van der Waals surface area contributed by atoms with Crippen molar-refractivity contribution >= 4 is 12.3 Å². The molecule has 0 spiro atoms. The maximum atomic E-state index is 10.6. The van der Waals surface area contributed by atoms with Crippen LogP contribution in [0.1, 0.15) is 26.7 Å². The van der Waals surface area contributed by atoms with Crippen LogP contribution in [0.15, 0.2) is 0 Å². The number of aldehydes is 1. The van der Waals surface area contributed by atoms with Crippen molar-refractivity contribution in [2.75, 3.05) is 79.5 Å². The zero-order valence-electron chi connectivity index (χ0n) is 17.7. The van der Waals surface area contributed by atoms with E-state index in [4.69, 9.17) is 5.11 Å². The van der Waals surface area contributed by atoms with E-state index >= 15 is 0 Å². The molecule has 0 aromatic rings. The Bertz CT molecular complexity index is 382. The molecule has 0 fully saturated rings. The van der Waals surface area contributed by atoms with Crippen LogP contribution < -0.4 is 10.6 Å². The lowest BCUT2D eigenvalue weighted by Gasteiger charge is -2.27. The second-order valence-corrected chi connectivity index (χ2v) is 7.34. The summed E-state index contributed by atoms with van der Waals surface area (Å²) in [4.78, 5) is 27.6. The molecule has 8 nitrogen and oxygen atoms in total. The van der Waals surface area contributed by atoms with Gasteiger partial charge in [-0.25, -0.2) is 0 Å². The van der Waals surface area contributed by atoms with Crippen molar-refractivity contribution in [2.45, 2.75) is 32.7 Å². The van der Waals surface area contributed by atoms with E-state index in [0.29, 0.717) is 19.0 Å². The minimum Gasteiger partial charge on any atom is -0.481 e. The molecule has 0 radical (unpaired) electrons. The first-order chi connectivity index (χ1) is 12.9. The number of carbonyl (C=O) groups is 2. The summed E-state index contributed by atoms with van der Waals surface area (Å²) in [6.45, 7) is 13.3. The number of aliphatic carboxylic acids is 1. The van der Waals surface area contributed by atoms with Crippen LogP contribution in [0.2, 0.25) is 0 Å². The van der Waals surface area contributed by atoms with E-state index < -0.39 is 5.97 Å². The van der Waals surface area contributed by atoms with Gasteiger partial charge in [-0.05, 0) is 27.9 Å². The van der Waals surface area contributed by atoms with Crippen molar-refractivity contribution in [3.8, 4) is 0 Å². The Morgan fingerprint density at radius 1 is 0.889 bits per heavy atom. The van der Waals surface area contributed by atoms with Crippen molar-refractivity contribution < 1.29 is 14.7 Å². The van der Waals surface area contributed by atoms with Gasteiger partial charge < -0.3 is 30.3 Å². The molecule has 0 amide bonds. The third kappa shape index (κ3) is 16.8. The second kappa shape index (κ2) is 17.1. The highest BCUT2D eigenvalue weighted by molar-refractivity contribution is 5.66. The second-order valence-electron chi connectivity index (χ2n) is 7.34. The van der Waals surface area contributed by atoms with Gasteiger partial charge in [-0.1, -0.05) is 0 Å². The molecule has 0 aliphatic carbocycles. The molecule has 0 rings (SSSR count). The first-order valence-corrected chi connectivity index (χ1v) is 10.0. The Hall–Kier alpha value is -1.06. The van der Waals surface area contributed by atoms with E-state index in [1.165, 1.54) is 0 Å². The molecule has 0 atom stereocenters. The summed E-state index contributed by atoms with van der Waals surface area (Å²) >= 11 is 0. The van der Waals surface area contributed by atoms with Crippen LogP contribution in [0, 0.1) is 0 Å². The van der Waals surface area contributed by atoms with Gasteiger partial charge in [-0.2, -0.15) is 0 Å². The van der Waals surface area contributed by atoms with Crippen LogP contribution in [-0.4, -0.2) is 118 Å². The quantitative estimate of drug-likeness (QED) is 0.208. The molecule has 27 heavy (non-hydrogen) atoms. The molecule has 160 valence electrons. The number of rotatable bonds is 19. The van der Waals surface area contributed by atoms with Gasteiger partial charge in [-0.15, -0.1) is 0 Å². The third-order valence-corrected chi connectivity index (χ3v) is 4.56. The lowest BCUT2D eigenvalue weighted by Crippen LogP contribution is -2.42. The Kier molecular flexibility index (Phi) is 16.4. The Morgan fingerprint density at radius 3 is 1.81 bits per heavy atom. The summed E-state index contributed by atoms with van der Waals surface area (Å²) in [5.74, 6) is -0.747. The number of nitrogens with zero attached hydrogens (tertiary/aromatic N) is 3. The standard InChI is InChI=1S/C19H41N5O3/c1-18(2)24(15-9-20-7-13-22(3)11-5-17-25)16-10-21-8-14-23(4)12-6-19(26)27/h17-18,20-21H,5-16H2,1-4H3,(H,26,27). The predicted octanol–water partition coefficient (Wildman–Crippen LogP) is -0.197. The highest BCUT2D eigenvalue weighted by atomic mass is 16.4. The largest absolute Gasteiger partial charge is 0.481 e. The van der Waals surface area contributed by atoms with Crippen LogP contribution in [0.4, 0.5) is 0 Å². The fourth-order valence-electron chi connectivity index (χ4n) is 2.65. The molecule has 0 saturated heterocycles. The fraction of sp³-hybridized carbons (Fsp3) is 0.895. The molecular formula is C19H41N5O3. The molecule has 0 aromatic heterocycles. The van der Waals surface area contributed by atoms with Crippen molar-refractivity contribution in [2.24, 2.45) is 0 Å². The molecule has 3 N–H and O–H groups in total. The van der Waals surface area contributed by atoms with E-state index in [1.54, 1.807) is 0 Å². The van der Waals surface area contributed by atoms with Gasteiger partial charge in [0.25, 0.3) is 0 Å². The Balaban J connectivity index is 3.73. The monoisotopic (exact) mass is 387 g/mol. The maximum Gasteiger partial charge on any atom is 0.304 e. The predicted molar refractivity (Wildman–Crippen MR) is 110 cm³/mol. The normalized spacial score (nSPS) is 11.9. The number of nitrogens with one attached hydrogen (secondary N) is 2. The smallest absolute Gasteiger partial charge is 0.304 e. The van der Waals surface area contributed by atoms with Gasteiger partial charge in [0.05, 0.1) is 6.42 Å². The lowest BCUT2D eigenvalue weighted by molar-refractivity contribution is -0.137. The highest BCUT2D eigenvalue weighted by Crippen LogP contribution is 1.96. The number of carbonyl (C=O) groups excluding carboxylic acids is 1. The third-order valence-electron chi connectivity index (χ3n) is 4.56. The number of carboxylic acids is 1. The molecule has 0 aromatic carbocycles. The van der Waals surface area contributed by atoms with E-state index in [1.807, 2.05) is 19.0 Å². The van der Waals surface area contributed by atoms with Gasteiger partial charge >= 0.3 is 5.97 Å². The van der Waals surface area contributed by atoms with Crippen LogP contribution in [0.3, 0.4) is 0 Å². The average Bonchev–Trinajstić information content (AvgIpc) is 2.62. The minimum atomic E-state index is -0.747. The van der Waals surface area contributed by atoms with Crippen molar-refractivity contribution in [1.29, 1.82) is 0 Å². The van der Waals surface area contributed by atoms with Gasteiger partial charge in [0.15, 0.2) is 0 Å². The number of hydrogen-bond donors (Lipinski definition) is 3. The van der Waals surface area contributed by atoms with E-state index in [2.05, 4.69) is 34.3 Å². The summed E-state index contributed by atoms with van der Waals surface area (Å²) in [6, 6.07) is 0.502. The van der Waals surface area contributed by atoms with Crippen molar-refractivity contribution in [3.63, 3.8) is 0 Å². The molecule has 0 bridgehead atoms. The van der Waals surface area contributed by atoms with Crippen LogP contribution in [-0.2, 0) is 9.59 Å². The molecule has 0 saturated carbocycles. The van der Waals surface area contributed by atoms with Crippen LogP contribution in [0.25, 0.3) is 0 Å². The first-order valence-electron chi connectivity index (χ1n) is 10.0. The van der Waals surface area contributed by atoms with Gasteiger partial charge in [0, 0.05) is 77.9 Å². The van der Waals surface area contributed by atoms with E-state index in [9.17, 15) is 9.59 Å². The van der Waals surface area contributed by atoms with E-state index in [-0.39, 0.29) is 6.42 Å². The molecule has 0 aliphatic heterocycles. The topological polar surface area (TPSA) is 88.2 Å². The van der Waals surface area contributed by atoms with Crippen molar-refractivity contribution in [1.82, 2.24) is 25.3 Å². The summed E-state index contributed by atoms with van der Waals surface area (Å²) < 4.78 is 0. The van der Waals surface area contributed by atoms with Gasteiger partial charge in [0.2, 0.25) is 0 Å². The summed E-state index contributed by atoms with van der Waals surface area (Å²) in [7, 11) is 3.99. The number of hydrogen-bond acceptors (Lipinski definition) is 7. The van der Waals surface area contributed by atoms with E-state index in [0.717, 1.165) is 65.2 Å². The Morgan fingerprint density at radius 2 is 1.37 bits per heavy atom. The molecule has 0 unspecified atom stereocenters. The van der Waals surface area contributed by atoms with Gasteiger partial charge in [0.1, 0.15) is 6.29 Å². The first kappa shape index (κ1) is 25.9. The molecule has 8 heteroatoms. The summed E-state index contributed by atoms with van der Waals surface area (Å²) in [6.07, 6.45) is 1.75. The zero-order valence-corrected chi connectivity index (χ0v) is 17.7. The summed E-state index contributed by atoms with van der Waals surface area (Å²) in [5, 5.41) is 15.6. The minimum absolute atomic E-state index is 0.192. The van der Waals surface area contributed by atoms with Crippen molar-refractivity contribution in [3.05, 3.63) is 0 Å². The van der Waals surface area contributed by atoms with Gasteiger partial charge in [-0.3, -0.25) is 9.69 Å². The maximum absolute atomic E-state index is 10.6. The van der Waals surface area contributed by atoms with Crippen LogP contribution in [0.5, 0.6) is 0 Å². The molecule has 0 heterocycles. The highest BCUT2D eigenvalue weighted by Gasteiger charge is 2.08. The lowest BCUT2D eigenvalue weighted by atomic mass is 10.3.